The molecule has 1 atom stereocenters. The fourth-order valence-corrected chi connectivity index (χ4v) is 3.42. The van der Waals surface area contributed by atoms with Gasteiger partial charge in [0.25, 0.3) is 0 Å². The zero-order valence-corrected chi connectivity index (χ0v) is 14.1. The van der Waals surface area contributed by atoms with E-state index in [1.807, 2.05) is 12.1 Å². The third-order valence-electron chi connectivity index (χ3n) is 4.93. The second-order valence-corrected chi connectivity index (χ2v) is 6.93. The summed E-state index contributed by atoms with van der Waals surface area (Å²) in [5, 5.41) is 16.6. The number of anilines is 1. The lowest BCUT2D eigenvalue weighted by atomic mass is 10.2. The average molecular weight is 340 g/mol. The fourth-order valence-electron chi connectivity index (χ4n) is 3.42. The molecule has 1 aliphatic carbocycles. The third-order valence-corrected chi connectivity index (χ3v) is 4.93. The van der Waals surface area contributed by atoms with Gasteiger partial charge in [-0.05, 0) is 31.9 Å². The van der Waals surface area contributed by atoms with Crippen LogP contribution in [0.4, 0.5) is 5.82 Å². The molecule has 0 aromatic carbocycles. The van der Waals surface area contributed by atoms with Crippen LogP contribution in [0.2, 0.25) is 0 Å². The van der Waals surface area contributed by atoms with Crippen LogP contribution in [0.25, 0.3) is 5.65 Å². The van der Waals surface area contributed by atoms with Crippen LogP contribution < -0.4 is 4.90 Å². The number of aromatic nitrogens is 6. The van der Waals surface area contributed by atoms with E-state index in [9.17, 15) is 0 Å². The van der Waals surface area contributed by atoms with Crippen LogP contribution in [-0.2, 0) is 6.54 Å². The molecule has 4 heterocycles. The first-order valence-electron chi connectivity index (χ1n) is 8.75. The Hall–Kier alpha value is -2.55. The molecule has 1 saturated heterocycles. The summed E-state index contributed by atoms with van der Waals surface area (Å²) in [5.41, 5.74) is 0.763. The predicted molar refractivity (Wildman–Crippen MR) is 89.1 cm³/mol. The topological polar surface area (TPSA) is 88.5 Å². The molecular formula is C16H20N8O. The van der Waals surface area contributed by atoms with E-state index in [-0.39, 0.29) is 0 Å². The van der Waals surface area contributed by atoms with Gasteiger partial charge in [-0.25, -0.2) is 0 Å². The van der Waals surface area contributed by atoms with Crippen LogP contribution in [0.1, 0.15) is 37.4 Å². The van der Waals surface area contributed by atoms with Gasteiger partial charge in [-0.2, -0.15) is 9.50 Å². The van der Waals surface area contributed by atoms with Crippen LogP contribution in [0.15, 0.2) is 23.0 Å². The fraction of sp³-hybridized carbons (Fsp3) is 0.562. The van der Waals surface area contributed by atoms with Crippen molar-refractivity contribution in [1.29, 1.82) is 0 Å². The Kier molecular flexibility index (Phi) is 3.40. The SMILES string of the molecule is C[C@H]1CN(Cc2noc(C3CC3)n2)CCN1c1ccc2nncn2n1. The summed E-state index contributed by atoms with van der Waals surface area (Å²) < 4.78 is 7.07. The minimum absolute atomic E-state index is 0.352. The molecule has 5 rings (SSSR count). The zero-order valence-electron chi connectivity index (χ0n) is 14.1. The van der Waals surface area contributed by atoms with E-state index in [1.54, 1.807) is 10.8 Å². The Morgan fingerprint density at radius 2 is 2.16 bits per heavy atom. The predicted octanol–water partition coefficient (Wildman–Crippen LogP) is 1.10. The molecule has 25 heavy (non-hydrogen) atoms. The minimum atomic E-state index is 0.352. The van der Waals surface area contributed by atoms with Gasteiger partial charge in [0, 0.05) is 31.6 Å². The maximum Gasteiger partial charge on any atom is 0.229 e. The first-order valence-corrected chi connectivity index (χ1v) is 8.75. The molecule has 1 saturated carbocycles. The van der Waals surface area contributed by atoms with Gasteiger partial charge in [-0.15, -0.1) is 15.3 Å². The van der Waals surface area contributed by atoms with Crippen LogP contribution >= 0.6 is 0 Å². The summed E-state index contributed by atoms with van der Waals surface area (Å²) >= 11 is 0. The highest BCUT2D eigenvalue weighted by atomic mass is 16.5. The number of hydrogen-bond acceptors (Lipinski definition) is 8. The lowest BCUT2D eigenvalue weighted by Crippen LogP contribution is -2.52. The maximum absolute atomic E-state index is 5.36. The van der Waals surface area contributed by atoms with E-state index in [0.29, 0.717) is 12.0 Å². The first kappa shape index (κ1) is 14.8. The van der Waals surface area contributed by atoms with Gasteiger partial charge in [-0.1, -0.05) is 5.16 Å². The van der Waals surface area contributed by atoms with Crippen molar-refractivity contribution in [1.82, 2.24) is 34.9 Å². The number of hydrogen-bond donors (Lipinski definition) is 0. The van der Waals surface area contributed by atoms with E-state index in [4.69, 9.17) is 4.52 Å². The summed E-state index contributed by atoms with van der Waals surface area (Å²) in [6.07, 6.45) is 4.00. The highest BCUT2D eigenvalue weighted by molar-refractivity contribution is 5.46. The Balaban J connectivity index is 1.26. The van der Waals surface area contributed by atoms with Gasteiger partial charge in [0.1, 0.15) is 12.1 Å². The van der Waals surface area contributed by atoms with E-state index >= 15 is 0 Å². The molecule has 3 aromatic rings. The van der Waals surface area contributed by atoms with Crippen molar-refractivity contribution in [2.75, 3.05) is 24.5 Å². The molecule has 2 aliphatic rings. The van der Waals surface area contributed by atoms with Crippen molar-refractivity contribution in [2.24, 2.45) is 0 Å². The molecule has 9 heteroatoms. The molecule has 9 nitrogen and oxygen atoms in total. The largest absolute Gasteiger partial charge is 0.350 e. The van der Waals surface area contributed by atoms with Gasteiger partial charge in [0.15, 0.2) is 11.5 Å². The standard InChI is InChI=1S/C16H20N8O/c1-11-8-22(9-13-18-16(25-21-13)12-2-3-12)6-7-23(11)15-5-4-14-19-17-10-24(14)20-15/h4-5,10-12H,2-3,6-9H2,1H3/t11-/m0/s1. The average Bonchev–Trinajstić information content (AvgIpc) is 3.17. The van der Waals surface area contributed by atoms with Crippen LogP contribution in [0.3, 0.4) is 0 Å². The second-order valence-electron chi connectivity index (χ2n) is 6.93. The monoisotopic (exact) mass is 340 g/mol. The quantitative estimate of drug-likeness (QED) is 0.697. The molecular weight excluding hydrogens is 320 g/mol. The molecule has 0 radical (unpaired) electrons. The van der Waals surface area contributed by atoms with Crippen molar-refractivity contribution in [3.8, 4) is 0 Å². The maximum atomic E-state index is 5.36. The minimum Gasteiger partial charge on any atom is -0.350 e. The number of rotatable bonds is 4. The van der Waals surface area contributed by atoms with Crippen molar-refractivity contribution in [3.05, 3.63) is 30.2 Å². The summed E-state index contributed by atoms with van der Waals surface area (Å²) in [6, 6.07) is 4.31. The highest BCUT2D eigenvalue weighted by Crippen LogP contribution is 2.38. The smallest absolute Gasteiger partial charge is 0.229 e. The Morgan fingerprint density at radius 3 is 3.00 bits per heavy atom. The van der Waals surface area contributed by atoms with E-state index in [2.05, 4.69) is 42.2 Å². The lowest BCUT2D eigenvalue weighted by molar-refractivity contribution is 0.212. The Bertz CT molecular complexity index is 885. The molecule has 2 fully saturated rings. The summed E-state index contributed by atoms with van der Waals surface area (Å²) in [4.78, 5) is 9.23. The molecule has 130 valence electrons. The van der Waals surface area contributed by atoms with Crippen molar-refractivity contribution in [2.45, 2.75) is 38.3 Å². The van der Waals surface area contributed by atoms with Gasteiger partial charge >= 0.3 is 0 Å². The van der Waals surface area contributed by atoms with Crippen molar-refractivity contribution >= 4 is 11.5 Å². The van der Waals surface area contributed by atoms with Crippen LogP contribution in [0.5, 0.6) is 0 Å². The number of nitrogens with zero attached hydrogens (tertiary/aromatic N) is 8. The molecule has 0 spiro atoms. The van der Waals surface area contributed by atoms with Crippen LogP contribution in [-0.4, -0.2) is 60.5 Å². The van der Waals surface area contributed by atoms with E-state index in [1.165, 1.54) is 12.8 Å². The molecule has 0 unspecified atom stereocenters. The molecule has 3 aromatic heterocycles. The summed E-state index contributed by atoms with van der Waals surface area (Å²) in [7, 11) is 0. The Morgan fingerprint density at radius 1 is 1.24 bits per heavy atom. The van der Waals surface area contributed by atoms with Crippen LogP contribution in [0, 0.1) is 0 Å². The third kappa shape index (κ3) is 2.84. The van der Waals surface area contributed by atoms with Crippen molar-refractivity contribution < 1.29 is 4.52 Å². The number of fused-ring (bicyclic) bond motifs is 1. The summed E-state index contributed by atoms with van der Waals surface area (Å²) in [5.74, 6) is 3.07. The van der Waals surface area contributed by atoms with Gasteiger partial charge in [0.05, 0.1) is 6.54 Å². The second kappa shape index (κ2) is 5.76. The molecule has 0 N–H and O–H groups in total. The molecule has 0 bridgehead atoms. The number of piperazine rings is 1. The van der Waals surface area contributed by atoms with E-state index < -0.39 is 0 Å². The summed E-state index contributed by atoms with van der Waals surface area (Å²) in [6.45, 7) is 5.76. The van der Waals surface area contributed by atoms with Gasteiger partial charge in [0.2, 0.25) is 5.89 Å². The van der Waals surface area contributed by atoms with Gasteiger partial charge < -0.3 is 9.42 Å². The highest BCUT2D eigenvalue weighted by Gasteiger charge is 2.30. The normalized spacial score (nSPS) is 22.0. The van der Waals surface area contributed by atoms with E-state index in [0.717, 1.165) is 49.4 Å². The lowest BCUT2D eigenvalue weighted by Gasteiger charge is -2.40. The first-order chi connectivity index (χ1) is 12.3. The molecule has 0 amide bonds. The Labute approximate surface area is 144 Å². The van der Waals surface area contributed by atoms with Gasteiger partial charge in [-0.3, -0.25) is 4.90 Å². The molecule has 1 aliphatic heterocycles. The zero-order chi connectivity index (χ0) is 16.8. The van der Waals surface area contributed by atoms with Crippen molar-refractivity contribution in [3.63, 3.8) is 0 Å².